The van der Waals surface area contributed by atoms with Crippen molar-refractivity contribution in [1.29, 1.82) is 0 Å². The lowest BCUT2D eigenvalue weighted by Gasteiger charge is -2.29. The highest BCUT2D eigenvalue weighted by molar-refractivity contribution is 5.88. The van der Waals surface area contributed by atoms with Gasteiger partial charge in [-0.05, 0) is 71.2 Å². The van der Waals surface area contributed by atoms with Gasteiger partial charge < -0.3 is 35.8 Å². The summed E-state index contributed by atoms with van der Waals surface area (Å²) in [6.45, 7) is 3.29. The Kier molecular flexibility index (Phi) is 10.1. The summed E-state index contributed by atoms with van der Waals surface area (Å²) in [6.07, 6.45) is 4.49. The minimum absolute atomic E-state index is 0.00352. The number of phenols is 1. The molecule has 248 valence electrons. The zero-order valence-electron chi connectivity index (χ0n) is 26.8. The summed E-state index contributed by atoms with van der Waals surface area (Å²) < 4.78 is 6.40. The summed E-state index contributed by atoms with van der Waals surface area (Å²) >= 11 is 0. The SMILES string of the molecule is CCCC(O)CC(O)CC(=O)CCc1ccc(O)c(OC2CC#CC(O)c3ccc4c(c3CC3=C5CN2C=C5N=C3)CCNC4N)c1. The lowest BCUT2D eigenvalue weighted by molar-refractivity contribution is -0.121. The molecule has 5 atom stereocenters. The Morgan fingerprint density at radius 3 is 2.85 bits per heavy atom. The number of hydrogen-bond acceptors (Lipinski definition) is 10. The summed E-state index contributed by atoms with van der Waals surface area (Å²) in [4.78, 5) is 19.3. The number of aliphatic imine (C=N–C) groups is 1. The van der Waals surface area contributed by atoms with E-state index in [1.165, 1.54) is 5.56 Å². The highest BCUT2D eigenvalue weighted by Crippen LogP contribution is 2.38. The van der Waals surface area contributed by atoms with Crippen LogP contribution < -0.4 is 15.8 Å². The number of ketones is 1. The fraction of sp³-hybridized carbons (Fsp3) is 0.459. The minimum atomic E-state index is -0.992. The van der Waals surface area contributed by atoms with Crippen molar-refractivity contribution < 1.29 is 30.0 Å². The lowest BCUT2D eigenvalue weighted by Crippen LogP contribution is -2.36. The number of allylic oxidation sites excluding steroid dienone is 1. The van der Waals surface area contributed by atoms with E-state index in [9.17, 15) is 25.2 Å². The molecule has 10 nitrogen and oxygen atoms in total. The number of carbonyl (C=O) groups excluding carboxylic acids is 1. The highest BCUT2D eigenvalue weighted by Gasteiger charge is 2.32. The quantitative estimate of drug-likeness (QED) is 0.203. The normalized spacial score (nSPS) is 22.7. The second-order valence-corrected chi connectivity index (χ2v) is 12.9. The standard InChI is InChI=1S/C37H44N4O6/c1-2-4-24(42)17-26(44)18-25(43)9-7-22-8-12-34(46)35(15-22)47-36-6-3-5-33(45)28-10-11-29-27(13-14-39-37(29)38)30(28)16-23-19-40-32-21-41(36)20-31(23)32/h8,10-12,15,19,21,24,26,33,36-37,39,42,44-46H,2,4,6-7,9,13-14,16-18,20,38H2,1H3. The molecule has 4 aliphatic heterocycles. The van der Waals surface area contributed by atoms with Gasteiger partial charge in [0, 0.05) is 50.3 Å². The number of ether oxygens (including phenoxy) is 1. The topological polar surface area (TPSA) is 161 Å². The molecule has 47 heavy (non-hydrogen) atoms. The molecular weight excluding hydrogens is 596 g/mol. The van der Waals surface area contributed by atoms with Gasteiger partial charge in [-0.1, -0.05) is 43.4 Å². The van der Waals surface area contributed by atoms with Gasteiger partial charge in [0.15, 0.2) is 17.7 Å². The molecule has 7 N–H and O–H groups in total. The van der Waals surface area contributed by atoms with E-state index in [-0.39, 0.29) is 49.1 Å². The van der Waals surface area contributed by atoms with Crippen LogP contribution in [-0.4, -0.2) is 68.8 Å². The number of aliphatic hydroxyl groups is 3. The molecule has 4 aliphatic rings. The average Bonchev–Trinajstić information content (AvgIpc) is 3.62. The van der Waals surface area contributed by atoms with Crippen molar-refractivity contribution in [3.05, 3.63) is 81.2 Å². The maximum Gasteiger partial charge on any atom is 0.183 e. The van der Waals surface area contributed by atoms with Crippen LogP contribution in [-0.2, 0) is 24.1 Å². The van der Waals surface area contributed by atoms with Crippen molar-refractivity contribution >= 4 is 12.0 Å². The van der Waals surface area contributed by atoms with Crippen molar-refractivity contribution in [3.8, 4) is 23.3 Å². The largest absolute Gasteiger partial charge is 0.504 e. The number of nitrogens with zero attached hydrogens (tertiary/aromatic N) is 2. The molecule has 0 saturated heterocycles. The lowest BCUT2D eigenvalue weighted by atomic mass is 9.85. The number of phenolic OH excluding ortho intramolecular Hbond substituents is 1. The first-order valence-electron chi connectivity index (χ1n) is 16.6. The molecule has 0 amide bonds. The van der Waals surface area contributed by atoms with Crippen molar-refractivity contribution in [2.45, 2.75) is 95.4 Å². The van der Waals surface area contributed by atoms with Crippen molar-refractivity contribution in [2.24, 2.45) is 10.7 Å². The van der Waals surface area contributed by atoms with Gasteiger partial charge in [0.1, 0.15) is 11.9 Å². The van der Waals surface area contributed by atoms with Crippen LogP contribution in [0.5, 0.6) is 11.5 Å². The predicted octanol–water partition coefficient (Wildman–Crippen LogP) is 3.23. The minimum Gasteiger partial charge on any atom is -0.504 e. The van der Waals surface area contributed by atoms with Crippen LogP contribution in [0.15, 0.2) is 58.4 Å². The Hall–Kier alpha value is -3.98. The van der Waals surface area contributed by atoms with Gasteiger partial charge in [-0.15, -0.1) is 0 Å². The Morgan fingerprint density at radius 1 is 1.19 bits per heavy atom. The van der Waals surface area contributed by atoms with Gasteiger partial charge in [0.25, 0.3) is 0 Å². The monoisotopic (exact) mass is 640 g/mol. The maximum absolute atomic E-state index is 12.6. The second kappa shape index (κ2) is 14.4. The number of carbonyl (C=O) groups is 1. The first-order valence-corrected chi connectivity index (χ1v) is 16.6. The van der Waals surface area contributed by atoms with Crippen LogP contribution in [0.4, 0.5) is 0 Å². The van der Waals surface area contributed by atoms with Crippen LogP contribution in [0.1, 0.15) is 85.5 Å². The van der Waals surface area contributed by atoms with Gasteiger partial charge in [-0.2, -0.15) is 0 Å². The summed E-state index contributed by atoms with van der Waals surface area (Å²) in [7, 11) is 0. The fourth-order valence-corrected chi connectivity index (χ4v) is 6.92. The summed E-state index contributed by atoms with van der Waals surface area (Å²) in [5, 5.41) is 45.5. The smallest absolute Gasteiger partial charge is 0.183 e. The number of aliphatic hydroxyl groups excluding tert-OH is 3. The van der Waals surface area contributed by atoms with Crippen LogP contribution in [0.3, 0.4) is 0 Å². The number of nitrogens with one attached hydrogen (secondary N) is 1. The van der Waals surface area contributed by atoms with Crippen LogP contribution >= 0.6 is 0 Å². The third kappa shape index (κ3) is 7.45. The van der Waals surface area contributed by atoms with E-state index in [2.05, 4.69) is 17.2 Å². The second-order valence-electron chi connectivity index (χ2n) is 12.9. The molecule has 0 aromatic heterocycles. The third-order valence-corrected chi connectivity index (χ3v) is 9.42. The Morgan fingerprint density at radius 2 is 2.02 bits per heavy atom. The number of aryl methyl sites for hydroxylation is 1. The molecule has 10 heteroatoms. The Balaban J connectivity index is 1.20. The number of Topliss-reactive ketones (excluding diaryl/α,β-unsaturated/α-hetero) is 1. The fourth-order valence-electron chi connectivity index (χ4n) is 6.92. The molecule has 0 spiro atoms. The Bertz CT molecular complexity index is 1670. The molecule has 0 fully saturated rings. The molecule has 6 rings (SSSR count). The Labute approximate surface area is 275 Å². The molecule has 2 bridgehead atoms. The first-order chi connectivity index (χ1) is 22.7. The zero-order valence-corrected chi connectivity index (χ0v) is 26.8. The molecule has 0 aliphatic carbocycles. The highest BCUT2D eigenvalue weighted by atomic mass is 16.5. The van der Waals surface area contributed by atoms with Crippen LogP contribution in [0.2, 0.25) is 0 Å². The third-order valence-electron chi connectivity index (χ3n) is 9.42. The molecule has 2 aromatic carbocycles. The number of aromatic hydroxyl groups is 1. The summed E-state index contributed by atoms with van der Waals surface area (Å²) in [5.41, 5.74) is 14.3. The van der Waals surface area contributed by atoms with E-state index in [4.69, 9.17) is 15.5 Å². The van der Waals surface area contributed by atoms with Gasteiger partial charge in [0.05, 0.1) is 30.5 Å². The number of fused-ring (bicyclic) bond motifs is 4. The molecule has 4 heterocycles. The zero-order chi connectivity index (χ0) is 33.1. The van der Waals surface area contributed by atoms with Crippen LogP contribution in [0.25, 0.3) is 0 Å². The molecule has 0 saturated carbocycles. The molecule has 5 unspecified atom stereocenters. The summed E-state index contributed by atoms with van der Waals surface area (Å²) in [6, 6.07) is 8.95. The van der Waals surface area contributed by atoms with E-state index >= 15 is 0 Å². The van der Waals surface area contributed by atoms with E-state index in [1.54, 1.807) is 18.2 Å². The number of nitrogens with two attached hydrogens (primary N) is 1. The number of benzene rings is 2. The van der Waals surface area contributed by atoms with Crippen molar-refractivity contribution in [2.75, 3.05) is 13.1 Å². The van der Waals surface area contributed by atoms with Crippen molar-refractivity contribution in [1.82, 2.24) is 10.2 Å². The van der Waals surface area contributed by atoms with Gasteiger partial charge in [-0.3, -0.25) is 15.1 Å². The molecule has 0 radical (unpaired) electrons. The predicted molar refractivity (Wildman–Crippen MR) is 178 cm³/mol. The molecular formula is C37H44N4O6. The first kappa shape index (κ1) is 32.9. The van der Waals surface area contributed by atoms with Gasteiger partial charge in [0.2, 0.25) is 0 Å². The van der Waals surface area contributed by atoms with E-state index in [0.29, 0.717) is 25.8 Å². The average molecular weight is 641 g/mol. The number of rotatable bonds is 11. The van der Waals surface area contributed by atoms with E-state index in [0.717, 1.165) is 58.5 Å². The maximum atomic E-state index is 12.6. The van der Waals surface area contributed by atoms with E-state index < -0.39 is 24.5 Å². The molecule has 2 aromatic rings. The summed E-state index contributed by atoms with van der Waals surface area (Å²) in [5.74, 6) is 6.32. The van der Waals surface area contributed by atoms with Gasteiger partial charge in [-0.25, -0.2) is 0 Å². The number of hydrogen-bond donors (Lipinski definition) is 6. The van der Waals surface area contributed by atoms with E-state index in [1.807, 2.05) is 36.4 Å². The van der Waals surface area contributed by atoms with Crippen molar-refractivity contribution in [3.63, 3.8) is 0 Å². The van der Waals surface area contributed by atoms with Gasteiger partial charge >= 0.3 is 0 Å². The van der Waals surface area contributed by atoms with Crippen LogP contribution in [0, 0.1) is 11.8 Å².